The monoisotopic (exact) mass is 430 g/mol. The maximum atomic E-state index is 12.7. The van der Waals surface area contributed by atoms with Crippen molar-refractivity contribution in [2.45, 2.75) is 44.6 Å². The number of ether oxygens (including phenoxy) is 1. The molecule has 0 fully saturated rings. The number of H-pyrrole nitrogens is 2. The molecule has 0 radical (unpaired) electrons. The lowest BCUT2D eigenvalue weighted by Gasteiger charge is -2.24. The molecule has 3 N–H and O–H groups in total. The van der Waals surface area contributed by atoms with Crippen molar-refractivity contribution < 1.29 is 9.53 Å². The smallest absolute Gasteiger partial charge is 0.258 e. The zero-order chi connectivity index (χ0) is 22.1. The quantitative estimate of drug-likeness (QED) is 0.431. The van der Waals surface area contributed by atoms with Gasteiger partial charge in [0.1, 0.15) is 11.6 Å². The SMILES string of the molecule is COc1ccc2[nH]c3c(c2c1)CCC[C@H]3NC(=O)CCCc1nc2ccccc2c(=O)[nH]1. The summed E-state index contributed by atoms with van der Waals surface area (Å²) in [4.78, 5) is 35.7. The maximum Gasteiger partial charge on any atom is 0.258 e. The van der Waals surface area contributed by atoms with Crippen LogP contribution in [0.1, 0.15) is 48.8 Å². The van der Waals surface area contributed by atoms with Gasteiger partial charge in [0.2, 0.25) is 5.91 Å². The highest BCUT2D eigenvalue weighted by molar-refractivity contribution is 5.87. The number of para-hydroxylation sites is 1. The van der Waals surface area contributed by atoms with Crippen molar-refractivity contribution in [3.63, 3.8) is 0 Å². The zero-order valence-electron chi connectivity index (χ0n) is 18.0. The number of benzene rings is 2. The van der Waals surface area contributed by atoms with Crippen LogP contribution in [0.4, 0.5) is 0 Å². The number of aromatic amines is 2. The third kappa shape index (κ3) is 3.86. The van der Waals surface area contributed by atoms with Gasteiger partial charge in [0, 0.05) is 29.4 Å². The average Bonchev–Trinajstić information content (AvgIpc) is 3.18. The van der Waals surface area contributed by atoms with Crippen molar-refractivity contribution in [3.8, 4) is 5.75 Å². The summed E-state index contributed by atoms with van der Waals surface area (Å²) in [5, 5.41) is 4.95. The molecule has 5 rings (SSSR count). The van der Waals surface area contributed by atoms with Crippen LogP contribution in [0.25, 0.3) is 21.8 Å². The molecule has 0 bridgehead atoms. The van der Waals surface area contributed by atoms with Gasteiger partial charge in [0.15, 0.2) is 0 Å². The summed E-state index contributed by atoms with van der Waals surface area (Å²) >= 11 is 0. The molecule has 1 aliphatic rings. The number of carbonyl (C=O) groups is 1. The van der Waals surface area contributed by atoms with E-state index >= 15 is 0 Å². The number of aryl methyl sites for hydroxylation is 2. The number of nitrogens with one attached hydrogen (secondary N) is 3. The number of carbonyl (C=O) groups excluding carboxylic acids is 1. The molecule has 164 valence electrons. The molecule has 7 nitrogen and oxygen atoms in total. The number of aromatic nitrogens is 3. The van der Waals surface area contributed by atoms with Crippen LogP contribution < -0.4 is 15.6 Å². The Kier molecular flexibility index (Phi) is 5.39. The highest BCUT2D eigenvalue weighted by atomic mass is 16.5. The summed E-state index contributed by atoms with van der Waals surface area (Å²) in [5.41, 5.74) is 3.99. The highest BCUT2D eigenvalue weighted by Gasteiger charge is 2.25. The van der Waals surface area contributed by atoms with Crippen molar-refractivity contribution in [2.24, 2.45) is 0 Å². The van der Waals surface area contributed by atoms with E-state index in [0.29, 0.717) is 36.0 Å². The van der Waals surface area contributed by atoms with E-state index in [0.717, 1.165) is 36.2 Å². The summed E-state index contributed by atoms with van der Waals surface area (Å²) in [6.07, 6.45) is 4.51. The fourth-order valence-electron chi connectivity index (χ4n) is 4.65. The Labute approximate surface area is 185 Å². The van der Waals surface area contributed by atoms with Gasteiger partial charge < -0.3 is 20.0 Å². The molecular weight excluding hydrogens is 404 g/mol. The Morgan fingerprint density at radius 2 is 2.06 bits per heavy atom. The molecule has 0 unspecified atom stereocenters. The summed E-state index contributed by atoms with van der Waals surface area (Å²) in [6.45, 7) is 0. The third-order valence-corrected chi connectivity index (χ3v) is 6.23. The summed E-state index contributed by atoms with van der Waals surface area (Å²) in [7, 11) is 1.67. The van der Waals surface area contributed by atoms with Crippen molar-refractivity contribution in [3.05, 3.63) is 69.9 Å². The number of hydrogen-bond acceptors (Lipinski definition) is 4. The van der Waals surface area contributed by atoms with Crippen molar-refractivity contribution in [2.75, 3.05) is 7.11 Å². The van der Waals surface area contributed by atoms with E-state index in [1.165, 1.54) is 10.9 Å². The summed E-state index contributed by atoms with van der Waals surface area (Å²) in [5.74, 6) is 1.47. The predicted octanol–water partition coefficient (Wildman–Crippen LogP) is 3.93. The van der Waals surface area contributed by atoms with Gasteiger partial charge in [0.25, 0.3) is 5.56 Å². The van der Waals surface area contributed by atoms with Gasteiger partial charge in [-0.05, 0) is 61.6 Å². The maximum absolute atomic E-state index is 12.7. The van der Waals surface area contributed by atoms with Crippen molar-refractivity contribution in [1.29, 1.82) is 0 Å². The van der Waals surface area contributed by atoms with Crippen molar-refractivity contribution >= 4 is 27.7 Å². The molecule has 0 spiro atoms. The second kappa shape index (κ2) is 8.49. The van der Waals surface area contributed by atoms with Crippen LogP contribution in [0.15, 0.2) is 47.3 Å². The van der Waals surface area contributed by atoms with Gasteiger partial charge in [-0.2, -0.15) is 0 Å². The molecule has 4 aromatic rings. The van der Waals surface area contributed by atoms with Crippen LogP contribution in [0, 0.1) is 0 Å². The average molecular weight is 431 g/mol. The molecule has 0 aliphatic heterocycles. The Bertz CT molecular complexity index is 1350. The third-order valence-electron chi connectivity index (χ3n) is 6.23. The van der Waals surface area contributed by atoms with Crippen LogP contribution in [0.5, 0.6) is 5.75 Å². The van der Waals surface area contributed by atoms with Gasteiger partial charge in [-0.25, -0.2) is 4.98 Å². The fraction of sp³-hybridized carbons (Fsp3) is 0.320. The molecular formula is C25H26N4O3. The zero-order valence-corrected chi connectivity index (χ0v) is 18.0. The number of methoxy groups -OCH3 is 1. The summed E-state index contributed by atoms with van der Waals surface area (Å²) < 4.78 is 5.38. The number of rotatable bonds is 6. The first-order valence-electron chi connectivity index (χ1n) is 11.1. The predicted molar refractivity (Wildman–Crippen MR) is 124 cm³/mol. The van der Waals surface area contributed by atoms with E-state index in [2.05, 4.69) is 26.3 Å². The van der Waals surface area contributed by atoms with E-state index in [-0.39, 0.29) is 17.5 Å². The lowest BCUT2D eigenvalue weighted by molar-refractivity contribution is -0.122. The summed E-state index contributed by atoms with van der Waals surface area (Å²) in [6, 6.07) is 13.3. The van der Waals surface area contributed by atoms with E-state index in [1.807, 2.05) is 30.3 Å². The molecule has 1 amide bonds. The van der Waals surface area contributed by atoms with Gasteiger partial charge >= 0.3 is 0 Å². The lowest BCUT2D eigenvalue weighted by Crippen LogP contribution is -2.31. The molecule has 7 heteroatoms. The first kappa shape index (κ1) is 20.3. The number of nitrogens with zero attached hydrogens (tertiary/aromatic N) is 1. The second-order valence-electron chi connectivity index (χ2n) is 8.32. The molecule has 2 aromatic carbocycles. The first-order chi connectivity index (χ1) is 15.6. The van der Waals surface area contributed by atoms with Crippen LogP contribution in [-0.2, 0) is 17.6 Å². The van der Waals surface area contributed by atoms with E-state index < -0.39 is 0 Å². The van der Waals surface area contributed by atoms with E-state index in [4.69, 9.17) is 4.74 Å². The Morgan fingerprint density at radius 1 is 1.19 bits per heavy atom. The molecule has 32 heavy (non-hydrogen) atoms. The second-order valence-corrected chi connectivity index (χ2v) is 8.32. The number of amides is 1. The first-order valence-corrected chi connectivity index (χ1v) is 11.1. The number of hydrogen-bond donors (Lipinski definition) is 3. The van der Waals surface area contributed by atoms with Crippen LogP contribution >= 0.6 is 0 Å². The van der Waals surface area contributed by atoms with Gasteiger partial charge in [-0.1, -0.05) is 12.1 Å². The molecule has 1 atom stereocenters. The number of fused-ring (bicyclic) bond motifs is 4. The van der Waals surface area contributed by atoms with E-state index in [1.54, 1.807) is 13.2 Å². The lowest BCUT2D eigenvalue weighted by atomic mass is 9.91. The standard InChI is InChI=1S/C25H26N4O3/c1-32-15-12-13-20-18(14-15)16-7-4-9-21(24(16)28-20)27-23(30)11-5-10-22-26-19-8-3-2-6-17(19)25(31)29-22/h2-3,6,8,12-14,21,28H,4-5,7,9-11H2,1H3,(H,27,30)(H,26,29,31)/t21-/m1/s1. The normalized spacial score (nSPS) is 15.6. The Hall–Kier alpha value is -3.61. The van der Waals surface area contributed by atoms with Gasteiger partial charge in [-0.3, -0.25) is 9.59 Å². The minimum atomic E-state index is -0.139. The van der Waals surface area contributed by atoms with Crippen molar-refractivity contribution in [1.82, 2.24) is 20.3 Å². The molecule has 2 aromatic heterocycles. The molecule has 1 aliphatic carbocycles. The topological polar surface area (TPSA) is 99.9 Å². The fourth-order valence-corrected chi connectivity index (χ4v) is 4.65. The minimum absolute atomic E-state index is 0.0109. The van der Waals surface area contributed by atoms with Crippen LogP contribution in [0.3, 0.4) is 0 Å². The molecule has 0 saturated heterocycles. The minimum Gasteiger partial charge on any atom is -0.497 e. The Balaban J connectivity index is 1.24. The largest absolute Gasteiger partial charge is 0.497 e. The van der Waals surface area contributed by atoms with Gasteiger partial charge in [-0.15, -0.1) is 0 Å². The molecule has 0 saturated carbocycles. The van der Waals surface area contributed by atoms with Crippen LogP contribution in [-0.4, -0.2) is 28.0 Å². The van der Waals surface area contributed by atoms with Crippen LogP contribution in [0.2, 0.25) is 0 Å². The highest BCUT2D eigenvalue weighted by Crippen LogP contribution is 2.36. The van der Waals surface area contributed by atoms with Gasteiger partial charge in [0.05, 0.1) is 24.1 Å². The van der Waals surface area contributed by atoms with E-state index in [9.17, 15) is 9.59 Å². The Morgan fingerprint density at radius 3 is 2.94 bits per heavy atom. The molecule has 2 heterocycles.